The third-order valence-electron chi connectivity index (χ3n) is 2.53. The van der Waals surface area contributed by atoms with Crippen molar-refractivity contribution in [3.05, 3.63) is 22.8 Å². The normalized spacial score (nSPS) is 9.88. The summed E-state index contributed by atoms with van der Waals surface area (Å²) in [6.45, 7) is 3.29. The van der Waals surface area contributed by atoms with Crippen molar-refractivity contribution in [1.82, 2.24) is 0 Å². The zero-order chi connectivity index (χ0) is 13.2. The summed E-state index contributed by atoms with van der Waals surface area (Å²) in [5.41, 5.74) is 1.17. The number of ether oxygens (including phenoxy) is 2. The van der Waals surface area contributed by atoms with Crippen LogP contribution in [0.3, 0.4) is 0 Å². The van der Waals surface area contributed by atoms with Gasteiger partial charge < -0.3 is 14.6 Å². The Morgan fingerprint density at radius 2 is 1.76 bits per heavy atom. The Kier molecular flexibility index (Phi) is 3.73. The first-order valence-corrected chi connectivity index (χ1v) is 4.93. The number of hydrogen-bond donors (Lipinski definition) is 1. The Morgan fingerprint density at radius 3 is 2.18 bits per heavy atom. The topological polar surface area (TPSA) is 72.8 Å². The molecule has 17 heavy (non-hydrogen) atoms. The number of ketones is 1. The van der Waals surface area contributed by atoms with Gasteiger partial charge >= 0.3 is 5.97 Å². The molecule has 0 aliphatic heterocycles. The number of rotatable bonds is 4. The number of carbonyl (C=O) groups is 2. The van der Waals surface area contributed by atoms with Gasteiger partial charge in [0.05, 0.1) is 14.2 Å². The highest BCUT2D eigenvalue weighted by Gasteiger charge is 2.23. The van der Waals surface area contributed by atoms with Crippen molar-refractivity contribution < 1.29 is 24.2 Å². The Labute approximate surface area is 99.0 Å². The fourth-order valence-electron chi connectivity index (χ4n) is 1.79. The van der Waals surface area contributed by atoms with E-state index in [1.54, 1.807) is 19.9 Å². The summed E-state index contributed by atoms with van der Waals surface area (Å²) in [7, 11) is 2.92. The number of carboxylic acid groups (broad SMARTS) is 1. The van der Waals surface area contributed by atoms with Crippen molar-refractivity contribution >= 4 is 11.8 Å². The van der Waals surface area contributed by atoms with Crippen molar-refractivity contribution in [1.29, 1.82) is 0 Å². The van der Waals surface area contributed by atoms with Gasteiger partial charge in [0.2, 0.25) is 0 Å². The van der Waals surface area contributed by atoms with E-state index in [0.717, 1.165) is 0 Å². The van der Waals surface area contributed by atoms with Gasteiger partial charge in [-0.3, -0.25) is 4.79 Å². The molecule has 5 heteroatoms. The smallest absolute Gasteiger partial charge is 0.377 e. The van der Waals surface area contributed by atoms with Crippen LogP contribution in [-0.4, -0.2) is 31.1 Å². The average molecular weight is 238 g/mol. The average Bonchev–Trinajstić information content (AvgIpc) is 2.27. The predicted molar refractivity (Wildman–Crippen MR) is 61.0 cm³/mol. The lowest BCUT2D eigenvalue weighted by molar-refractivity contribution is -0.131. The van der Waals surface area contributed by atoms with Crippen LogP contribution in [0.2, 0.25) is 0 Å². The number of hydrogen-bond acceptors (Lipinski definition) is 4. The number of carbonyl (C=O) groups excluding carboxylic acids is 1. The molecule has 0 saturated heterocycles. The van der Waals surface area contributed by atoms with E-state index in [9.17, 15) is 9.59 Å². The minimum Gasteiger partial charge on any atom is -0.493 e. The lowest BCUT2D eigenvalue weighted by atomic mass is 9.97. The molecule has 0 fully saturated rings. The first-order chi connectivity index (χ1) is 7.93. The van der Waals surface area contributed by atoms with E-state index in [-0.39, 0.29) is 5.56 Å². The van der Waals surface area contributed by atoms with Gasteiger partial charge in [0.15, 0.2) is 11.5 Å². The molecule has 0 heterocycles. The van der Waals surface area contributed by atoms with Crippen molar-refractivity contribution in [2.24, 2.45) is 0 Å². The van der Waals surface area contributed by atoms with E-state index >= 15 is 0 Å². The van der Waals surface area contributed by atoms with Crippen LogP contribution < -0.4 is 9.47 Å². The summed E-state index contributed by atoms with van der Waals surface area (Å²) >= 11 is 0. The number of Topliss-reactive ketones (excluding diaryl/α,β-unsaturated/α-hetero) is 1. The van der Waals surface area contributed by atoms with E-state index in [0.29, 0.717) is 22.6 Å². The van der Waals surface area contributed by atoms with Crippen molar-refractivity contribution in [3.8, 4) is 11.5 Å². The molecule has 92 valence electrons. The second-order valence-electron chi connectivity index (χ2n) is 3.56. The second kappa shape index (κ2) is 4.86. The van der Waals surface area contributed by atoms with Crippen LogP contribution in [0.25, 0.3) is 0 Å². The maximum Gasteiger partial charge on any atom is 0.377 e. The number of benzene rings is 1. The highest BCUT2D eigenvalue weighted by Crippen LogP contribution is 2.35. The van der Waals surface area contributed by atoms with Crippen LogP contribution in [0.5, 0.6) is 11.5 Å². The maximum atomic E-state index is 11.6. The lowest BCUT2D eigenvalue weighted by Gasteiger charge is -2.15. The fourth-order valence-corrected chi connectivity index (χ4v) is 1.79. The Balaban J connectivity index is 3.52. The molecule has 0 atom stereocenters. The minimum atomic E-state index is -1.48. The molecule has 1 N–H and O–H groups in total. The van der Waals surface area contributed by atoms with Gasteiger partial charge in [-0.25, -0.2) is 4.79 Å². The summed E-state index contributed by atoms with van der Waals surface area (Å²) in [6.07, 6.45) is 0. The van der Waals surface area contributed by atoms with Gasteiger partial charge in [0, 0.05) is 11.1 Å². The number of carboxylic acids is 1. The lowest BCUT2D eigenvalue weighted by Crippen LogP contribution is -2.16. The van der Waals surface area contributed by atoms with Gasteiger partial charge in [0.25, 0.3) is 5.78 Å². The van der Waals surface area contributed by atoms with Gasteiger partial charge in [-0.2, -0.15) is 0 Å². The van der Waals surface area contributed by atoms with E-state index in [2.05, 4.69) is 0 Å². The molecule has 0 aromatic heterocycles. The van der Waals surface area contributed by atoms with Crippen LogP contribution in [0.15, 0.2) is 6.07 Å². The fraction of sp³-hybridized carbons (Fsp3) is 0.333. The van der Waals surface area contributed by atoms with Crippen molar-refractivity contribution in [2.75, 3.05) is 14.2 Å². The second-order valence-corrected chi connectivity index (χ2v) is 3.56. The third kappa shape index (κ3) is 2.22. The molecule has 1 aromatic rings. The predicted octanol–water partition coefficient (Wildman–Crippen LogP) is 1.59. The summed E-state index contributed by atoms with van der Waals surface area (Å²) in [6, 6.07) is 1.59. The molecular formula is C12H14O5. The number of methoxy groups -OCH3 is 2. The SMILES string of the molecule is COc1cc(C)c(C(=O)C(=O)O)c(C)c1OC. The Morgan fingerprint density at radius 1 is 1.18 bits per heavy atom. The molecule has 1 rings (SSSR count). The van der Waals surface area contributed by atoms with Gasteiger partial charge in [-0.05, 0) is 25.5 Å². The zero-order valence-corrected chi connectivity index (χ0v) is 10.2. The molecule has 1 aromatic carbocycles. The van der Waals surface area contributed by atoms with Crippen LogP contribution in [0.4, 0.5) is 0 Å². The van der Waals surface area contributed by atoms with E-state index in [1.807, 2.05) is 0 Å². The molecular weight excluding hydrogens is 224 g/mol. The third-order valence-corrected chi connectivity index (χ3v) is 2.53. The number of aryl methyl sites for hydroxylation is 1. The molecule has 0 aliphatic carbocycles. The minimum absolute atomic E-state index is 0.148. The van der Waals surface area contributed by atoms with Crippen molar-refractivity contribution in [2.45, 2.75) is 13.8 Å². The standard InChI is InChI=1S/C12H14O5/c1-6-5-8(16-3)11(17-4)7(2)9(6)10(13)12(14)15/h5H,1-4H3,(H,14,15). The first kappa shape index (κ1) is 13.0. The maximum absolute atomic E-state index is 11.6. The van der Waals surface area contributed by atoms with Gasteiger partial charge in [-0.15, -0.1) is 0 Å². The molecule has 0 radical (unpaired) electrons. The first-order valence-electron chi connectivity index (χ1n) is 4.93. The molecule has 0 spiro atoms. The summed E-state index contributed by atoms with van der Waals surface area (Å²) in [5.74, 6) is -1.57. The highest BCUT2D eigenvalue weighted by atomic mass is 16.5. The van der Waals surface area contributed by atoms with Crippen LogP contribution in [-0.2, 0) is 4.79 Å². The quantitative estimate of drug-likeness (QED) is 0.637. The van der Waals surface area contributed by atoms with Gasteiger partial charge in [-0.1, -0.05) is 0 Å². The van der Waals surface area contributed by atoms with E-state index in [4.69, 9.17) is 14.6 Å². The summed E-state index contributed by atoms with van der Waals surface area (Å²) in [5, 5.41) is 8.75. The number of aliphatic carboxylic acids is 1. The molecule has 0 aliphatic rings. The molecule has 0 bridgehead atoms. The van der Waals surface area contributed by atoms with Crippen LogP contribution in [0, 0.1) is 13.8 Å². The largest absolute Gasteiger partial charge is 0.493 e. The monoisotopic (exact) mass is 238 g/mol. The summed E-state index contributed by atoms with van der Waals surface area (Å²) in [4.78, 5) is 22.3. The molecule has 0 amide bonds. The highest BCUT2D eigenvalue weighted by molar-refractivity contribution is 6.40. The van der Waals surface area contributed by atoms with Crippen LogP contribution >= 0.6 is 0 Å². The molecule has 5 nitrogen and oxygen atoms in total. The van der Waals surface area contributed by atoms with E-state index < -0.39 is 11.8 Å². The van der Waals surface area contributed by atoms with Gasteiger partial charge in [0.1, 0.15) is 0 Å². The Hall–Kier alpha value is -2.04. The molecule has 0 saturated carbocycles. The van der Waals surface area contributed by atoms with Crippen molar-refractivity contribution in [3.63, 3.8) is 0 Å². The Bertz CT molecular complexity index is 476. The zero-order valence-electron chi connectivity index (χ0n) is 10.2. The van der Waals surface area contributed by atoms with E-state index in [1.165, 1.54) is 14.2 Å². The summed E-state index contributed by atoms with van der Waals surface area (Å²) < 4.78 is 10.2. The van der Waals surface area contributed by atoms with Crippen LogP contribution in [0.1, 0.15) is 21.5 Å². The molecule has 0 unspecified atom stereocenters.